The lowest BCUT2D eigenvalue weighted by Gasteiger charge is -1.95. The highest BCUT2D eigenvalue weighted by atomic mass is 32.2. The molecule has 0 bridgehead atoms. The summed E-state index contributed by atoms with van der Waals surface area (Å²) in [5.41, 5.74) is -0.0796. The third-order valence-electron chi connectivity index (χ3n) is 2.43. The van der Waals surface area contributed by atoms with E-state index in [-0.39, 0.29) is 15.6 Å². The quantitative estimate of drug-likeness (QED) is 0.396. The molecule has 0 aromatic heterocycles. The number of amidine groups is 1. The van der Waals surface area contributed by atoms with E-state index in [0.717, 1.165) is 30.1 Å². The van der Waals surface area contributed by atoms with E-state index in [0.29, 0.717) is 0 Å². The summed E-state index contributed by atoms with van der Waals surface area (Å²) in [7, 11) is 1.18. The van der Waals surface area contributed by atoms with Crippen LogP contribution in [0.5, 0.6) is 0 Å². The summed E-state index contributed by atoms with van der Waals surface area (Å²) in [5, 5.41) is 9.70. The van der Waals surface area contributed by atoms with Crippen LogP contribution in [-0.4, -0.2) is 30.4 Å². The smallest absolute Gasteiger partial charge is 0.331 e. The van der Waals surface area contributed by atoms with Crippen LogP contribution in [0.1, 0.15) is 5.56 Å². The minimum atomic E-state index is -1.04. The number of halogens is 2. The molecule has 1 aromatic rings. The van der Waals surface area contributed by atoms with E-state index in [2.05, 4.69) is 20.3 Å². The van der Waals surface area contributed by atoms with E-state index in [4.69, 9.17) is 0 Å². The Bertz CT molecular complexity index is 716. The maximum Gasteiger partial charge on any atom is 0.331 e. The molecule has 1 aliphatic rings. The van der Waals surface area contributed by atoms with E-state index in [1.165, 1.54) is 19.2 Å². The third kappa shape index (κ3) is 3.76. The molecule has 1 N–H and O–H groups in total. The van der Waals surface area contributed by atoms with Crippen LogP contribution in [-0.2, 0) is 14.3 Å². The van der Waals surface area contributed by atoms with Gasteiger partial charge in [0, 0.05) is 11.6 Å². The highest BCUT2D eigenvalue weighted by Gasteiger charge is 2.24. The predicted molar refractivity (Wildman–Crippen MR) is 77.2 cm³/mol. The second kappa shape index (κ2) is 6.94. The lowest BCUT2D eigenvalue weighted by atomic mass is 10.2. The average molecular weight is 325 g/mol. The number of nitrogens with one attached hydrogen (secondary N) is 1. The van der Waals surface area contributed by atoms with E-state index < -0.39 is 23.5 Å². The molecule has 6 nitrogen and oxygen atoms in total. The normalized spacial score (nSPS) is 18.2. The number of hydrogen-bond acceptors (Lipinski definition) is 6. The van der Waals surface area contributed by atoms with Gasteiger partial charge >= 0.3 is 5.97 Å². The lowest BCUT2D eigenvalue weighted by Crippen LogP contribution is -2.19. The number of hydrogen-bond donors (Lipinski definition) is 1. The fourth-order valence-corrected chi connectivity index (χ4v) is 2.14. The maximum atomic E-state index is 13.4. The number of nitrogens with zero attached hydrogens (tertiary/aromatic N) is 2. The minimum Gasteiger partial charge on any atom is -0.466 e. The zero-order valence-electron chi connectivity index (χ0n) is 11.2. The molecule has 2 rings (SSSR count). The first-order valence-electron chi connectivity index (χ1n) is 5.85. The zero-order valence-corrected chi connectivity index (χ0v) is 12.0. The van der Waals surface area contributed by atoms with Crippen LogP contribution in [0.15, 0.2) is 39.4 Å². The average Bonchev–Trinajstić information content (AvgIpc) is 2.83. The highest BCUT2D eigenvalue weighted by molar-refractivity contribution is 8.18. The van der Waals surface area contributed by atoms with Crippen molar-refractivity contribution in [1.82, 2.24) is 5.32 Å². The molecule has 1 saturated heterocycles. The molecule has 0 atom stereocenters. The Kier molecular flexibility index (Phi) is 4.99. The number of benzene rings is 1. The van der Waals surface area contributed by atoms with Crippen LogP contribution in [0, 0.1) is 11.6 Å². The van der Waals surface area contributed by atoms with Crippen LogP contribution in [0.25, 0.3) is 0 Å². The van der Waals surface area contributed by atoms with Gasteiger partial charge in [0.15, 0.2) is 16.8 Å². The Morgan fingerprint density at radius 3 is 2.91 bits per heavy atom. The summed E-state index contributed by atoms with van der Waals surface area (Å²) in [6, 6.07) is 3.64. The molecule has 9 heteroatoms. The lowest BCUT2D eigenvalue weighted by molar-refractivity contribution is -0.135. The molecular formula is C13H9F2N3O3S. The second-order valence-electron chi connectivity index (χ2n) is 3.88. The van der Waals surface area contributed by atoms with E-state index in [1.807, 2.05) is 0 Å². The monoisotopic (exact) mass is 325 g/mol. The van der Waals surface area contributed by atoms with Crippen molar-refractivity contribution < 1.29 is 23.1 Å². The fraction of sp³-hybridized carbons (Fsp3) is 0.0769. The first-order valence-corrected chi connectivity index (χ1v) is 6.67. The largest absolute Gasteiger partial charge is 0.466 e. The minimum absolute atomic E-state index is 0.0796. The molecule has 0 aliphatic carbocycles. The van der Waals surface area contributed by atoms with Crippen molar-refractivity contribution in [1.29, 1.82) is 0 Å². The SMILES string of the molecule is COC(=O)/C=C1/S/C(=N\N=Cc2cccc(F)c2F)NC1=O. The van der Waals surface area contributed by atoms with Gasteiger partial charge in [0.2, 0.25) is 0 Å². The number of esters is 1. The summed E-state index contributed by atoms with van der Waals surface area (Å²) < 4.78 is 30.7. The number of rotatable bonds is 3. The zero-order chi connectivity index (χ0) is 16.1. The van der Waals surface area contributed by atoms with Crippen molar-refractivity contribution in [3.63, 3.8) is 0 Å². The van der Waals surface area contributed by atoms with Crippen molar-refractivity contribution in [2.24, 2.45) is 10.2 Å². The molecule has 22 heavy (non-hydrogen) atoms. The molecule has 114 valence electrons. The number of carbonyl (C=O) groups excluding carboxylic acids is 2. The molecule has 1 aliphatic heterocycles. The van der Waals surface area contributed by atoms with E-state index >= 15 is 0 Å². The van der Waals surface area contributed by atoms with Crippen LogP contribution in [0.3, 0.4) is 0 Å². The first kappa shape index (κ1) is 15.8. The molecule has 1 aromatic carbocycles. The van der Waals surface area contributed by atoms with Crippen LogP contribution in [0.4, 0.5) is 8.78 Å². The van der Waals surface area contributed by atoms with Gasteiger partial charge in [-0.15, -0.1) is 5.10 Å². The van der Waals surface area contributed by atoms with E-state index in [1.54, 1.807) is 0 Å². The Labute approximate surface area is 127 Å². The van der Waals surface area contributed by atoms with Gasteiger partial charge in [0.05, 0.1) is 18.2 Å². The van der Waals surface area contributed by atoms with Crippen molar-refractivity contribution >= 4 is 35.0 Å². The maximum absolute atomic E-state index is 13.4. The topological polar surface area (TPSA) is 80.1 Å². The summed E-state index contributed by atoms with van der Waals surface area (Å²) in [6.07, 6.45) is 2.03. The molecule has 1 heterocycles. The predicted octanol–water partition coefficient (Wildman–Crippen LogP) is 1.57. The Balaban J connectivity index is 2.10. The van der Waals surface area contributed by atoms with Crippen LogP contribution < -0.4 is 5.32 Å². The van der Waals surface area contributed by atoms with Gasteiger partial charge in [0.1, 0.15) is 0 Å². The molecule has 0 radical (unpaired) electrons. The Morgan fingerprint density at radius 1 is 1.41 bits per heavy atom. The van der Waals surface area contributed by atoms with Gasteiger partial charge in [-0.2, -0.15) is 5.10 Å². The second-order valence-corrected chi connectivity index (χ2v) is 4.91. The summed E-state index contributed by atoms with van der Waals surface area (Å²) in [5.74, 6) is -3.24. The van der Waals surface area contributed by atoms with Gasteiger partial charge in [-0.3, -0.25) is 10.1 Å². The van der Waals surface area contributed by atoms with Gasteiger partial charge in [-0.05, 0) is 17.8 Å². The van der Waals surface area contributed by atoms with Crippen molar-refractivity contribution in [2.75, 3.05) is 7.11 Å². The number of ether oxygens (including phenoxy) is 1. The highest BCUT2D eigenvalue weighted by Crippen LogP contribution is 2.23. The molecule has 0 spiro atoms. The number of thioether (sulfide) groups is 1. The van der Waals surface area contributed by atoms with Gasteiger partial charge < -0.3 is 4.74 Å². The summed E-state index contributed by atoms with van der Waals surface area (Å²) in [6.45, 7) is 0. The van der Waals surface area contributed by atoms with Gasteiger partial charge in [-0.1, -0.05) is 12.1 Å². The summed E-state index contributed by atoms with van der Waals surface area (Å²) in [4.78, 5) is 22.7. The van der Waals surface area contributed by atoms with Crippen molar-refractivity contribution in [2.45, 2.75) is 0 Å². The molecule has 1 amide bonds. The molecule has 0 unspecified atom stereocenters. The molecule has 0 saturated carbocycles. The summed E-state index contributed by atoms with van der Waals surface area (Å²) >= 11 is 0.873. The third-order valence-corrected chi connectivity index (χ3v) is 3.33. The van der Waals surface area contributed by atoms with Gasteiger partial charge in [-0.25, -0.2) is 13.6 Å². The molecular weight excluding hydrogens is 316 g/mol. The van der Waals surface area contributed by atoms with E-state index in [9.17, 15) is 18.4 Å². The van der Waals surface area contributed by atoms with Gasteiger partial charge in [0.25, 0.3) is 5.91 Å². The number of methoxy groups -OCH3 is 1. The van der Waals surface area contributed by atoms with Crippen molar-refractivity contribution in [3.8, 4) is 0 Å². The fourth-order valence-electron chi connectivity index (χ4n) is 1.40. The Morgan fingerprint density at radius 2 is 2.18 bits per heavy atom. The first-order chi connectivity index (χ1) is 10.5. The number of amides is 1. The Hall–Kier alpha value is -2.55. The van der Waals surface area contributed by atoms with Crippen molar-refractivity contribution in [3.05, 3.63) is 46.4 Å². The van der Waals surface area contributed by atoms with Crippen LogP contribution >= 0.6 is 11.8 Å². The molecule has 1 fully saturated rings. The van der Waals surface area contributed by atoms with Crippen LogP contribution in [0.2, 0.25) is 0 Å². The standard InChI is InChI=1S/C13H9F2N3O3S/c1-21-10(19)5-9-12(20)17-13(22-9)18-16-6-7-3-2-4-8(14)11(7)15/h2-6H,1H3,(H,17,18,20)/b9-5+,16-6?. The number of carbonyl (C=O) groups is 2.